The molecule has 1 N–H and O–H groups in total. The molecule has 0 atom stereocenters. The van der Waals surface area contributed by atoms with Crippen LogP contribution in [0.15, 0.2) is 18.2 Å². The number of carbonyl (C=O) groups is 2. The Labute approximate surface area is 147 Å². The van der Waals surface area contributed by atoms with Crippen LogP contribution in [0.2, 0.25) is 0 Å². The first kappa shape index (κ1) is 20.6. The summed E-state index contributed by atoms with van der Waals surface area (Å²) in [5, 5.41) is 13.6. The van der Waals surface area contributed by atoms with Crippen molar-refractivity contribution >= 4 is 23.3 Å². The molecule has 25 heavy (non-hydrogen) atoms. The van der Waals surface area contributed by atoms with Gasteiger partial charge in [0.2, 0.25) is 5.91 Å². The highest BCUT2D eigenvalue weighted by molar-refractivity contribution is 5.93. The predicted octanol–water partition coefficient (Wildman–Crippen LogP) is 2.36. The van der Waals surface area contributed by atoms with Gasteiger partial charge in [0.15, 0.2) is 0 Å². The van der Waals surface area contributed by atoms with Crippen LogP contribution < -0.4 is 5.32 Å². The first-order chi connectivity index (χ1) is 11.7. The average Bonchev–Trinajstić information content (AvgIpc) is 2.53. The number of rotatable bonds is 9. The summed E-state index contributed by atoms with van der Waals surface area (Å²) in [5.41, 5.74) is 1.08. The van der Waals surface area contributed by atoms with Gasteiger partial charge in [-0.25, -0.2) is 0 Å². The number of nitro benzene ring substituents is 1. The highest BCUT2D eigenvalue weighted by Crippen LogP contribution is 2.21. The Morgan fingerprint density at radius 2 is 2.04 bits per heavy atom. The van der Waals surface area contributed by atoms with Crippen molar-refractivity contribution < 1.29 is 19.2 Å². The number of amides is 1. The molecule has 0 aliphatic carbocycles. The zero-order valence-electron chi connectivity index (χ0n) is 15.1. The molecule has 138 valence electrons. The van der Waals surface area contributed by atoms with E-state index in [1.165, 1.54) is 19.2 Å². The van der Waals surface area contributed by atoms with Gasteiger partial charge in [-0.2, -0.15) is 0 Å². The number of esters is 1. The van der Waals surface area contributed by atoms with Gasteiger partial charge in [-0.15, -0.1) is 0 Å². The zero-order valence-corrected chi connectivity index (χ0v) is 15.1. The molecule has 0 aliphatic heterocycles. The molecule has 0 fully saturated rings. The van der Waals surface area contributed by atoms with E-state index in [1.807, 2.05) is 18.7 Å². The number of carbonyl (C=O) groups excluding carboxylic acids is 2. The maximum absolute atomic E-state index is 12.3. The number of anilines is 1. The predicted molar refractivity (Wildman–Crippen MR) is 94.4 cm³/mol. The van der Waals surface area contributed by atoms with Crippen molar-refractivity contribution in [3.63, 3.8) is 0 Å². The highest BCUT2D eigenvalue weighted by Gasteiger charge is 2.16. The molecule has 0 aliphatic rings. The van der Waals surface area contributed by atoms with Crippen LogP contribution in [0.1, 0.15) is 25.8 Å². The molecular formula is C17H25N3O5. The summed E-state index contributed by atoms with van der Waals surface area (Å²) in [7, 11) is 1.33. The topological polar surface area (TPSA) is 102 Å². The minimum absolute atomic E-state index is 0.0781. The molecule has 1 aromatic carbocycles. The summed E-state index contributed by atoms with van der Waals surface area (Å²) in [6, 6.07) is 4.33. The molecule has 0 saturated heterocycles. The number of aryl methyl sites for hydroxylation is 1. The fourth-order valence-electron chi connectivity index (χ4n) is 2.35. The smallest absolute Gasteiger partial charge is 0.306 e. The summed E-state index contributed by atoms with van der Waals surface area (Å²) in [6.07, 6.45) is 0.201. The van der Waals surface area contributed by atoms with E-state index >= 15 is 0 Å². The van der Waals surface area contributed by atoms with Crippen LogP contribution in [0.4, 0.5) is 11.4 Å². The molecule has 0 spiro atoms. The van der Waals surface area contributed by atoms with Crippen molar-refractivity contribution in [2.45, 2.75) is 27.2 Å². The van der Waals surface area contributed by atoms with E-state index in [0.717, 1.165) is 5.56 Å². The summed E-state index contributed by atoms with van der Waals surface area (Å²) >= 11 is 0. The second-order valence-electron chi connectivity index (χ2n) is 6.26. The minimum Gasteiger partial charge on any atom is -0.469 e. The lowest BCUT2D eigenvalue weighted by Gasteiger charge is -2.23. The number of non-ortho nitro benzene ring substituents is 1. The van der Waals surface area contributed by atoms with Crippen LogP contribution in [-0.2, 0) is 14.3 Å². The number of hydrogen-bond acceptors (Lipinski definition) is 6. The third kappa shape index (κ3) is 7.30. The van der Waals surface area contributed by atoms with Crippen LogP contribution >= 0.6 is 0 Å². The maximum Gasteiger partial charge on any atom is 0.306 e. The summed E-state index contributed by atoms with van der Waals surface area (Å²) in [6.45, 7) is 6.96. The lowest BCUT2D eigenvalue weighted by Crippen LogP contribution is -2.37. The molecule has 0 radical (unpaired) electrons. The third-order valence-electron chi connectivity index (χ3n) is 3.56. The monoisotopic (exact) mass is 351 g/mol. The summed E-state index contributed by atoms with van der Waals surface area (Å²) in [4.78, 5) is 35.9. The van der Waals surface area contributed by atoms with Gasteiger partial charge in [-0.3, -0.25) is 24.6 Å². The SMILES string of the molecule is COC(=O)CCN(CC(=O)Nc1cc([N+](=O)[O-])ccc1C)CC(C)C. The summed E-state index contributed by atoms with van der Waals surface area (Å²) < 4.78 is 4.63. The highest BCUT2D eigenvalue weighted by atomic mass is 16.6. The van der Waals surface area contributed by atoms with E-state index in [2.05, 4.69) is 10.1 Å². The Balaban J connectivity index is 2.74. The first-order valence-corrected chi connectivity index (χ1v) is 8.07. The van der Waals surface area contributed by atoms with Gasteiger partial charge >= 0.3 is 5.97 Å². The van der Waals surface area contributed by atoms with Crippen LogP contribution in [0.5, 0.6) is 0 Å². The number of methoxy groups -OCH3 is 1. The molecule has 0 unspecified atom stereocenters. The quantitative estimate of drug-likeness (QED) is 0.416. The van der Waals surface area contributed by atoms with Gasteiger partial charge in [0.1, 0.15) is 0 Å². The van der Waals surface area contributed by atoms with Gasteiger partial charge in [0.05, 0.1) is 30.7 Å². The fraction of sp³-hybridized carbons (Fsp3) is 0.529. The largest absolute Gasteiger partial charge is 0.469 e. The van der Waals surface area contributed by atoms with E-state index in [9.17, 15) is 19.7 Å². The van der Waals surface area contributed by atoms with Crippen molar-refractivity contribution in [1.29, 1.82) is 0 Å². The molecule has 0 saturated carbocycles. The molecule has 8 nitrogen and oxygen atoms in total. The van der Waals surface area contributed by atoms with Gasteiger partial charge in [0.25, 0.3) is 5.69 Å². The van der Waals surface area contributed by atoms with E-state index in [-0.39, 0.29) is 30.5 Å². The van der Waals surface area contributed by atoms with Crippen LogP contribution in [0, 0.1) is 23.0 Å². The number of nitrogens with zero attached hydrogens (tertiary/aromatic N) is 2. The van der Waals surface area contributed by atoms with Crippen LogP contribution in [0.3, 0.4) is 0 Å². The summed E-state index contributed by atoms with van der Waals surface area (Å²) in [5.74, 6) is -0.289. The first-order valence-electron chi connectivity index (χ1n) is 8.07. The lowest BCUT2D eigenvalue weighted by molar-refractivity contribution is -0.384. The van der Waals surface area contributed by atoms with Gasteiger partial charge in [-0.05, 0) is 18.4 Å². The fourth-order valence-corrected chi connectivity index (χ4v) is 2.35. The Morgan fingerprint density at radius 1 is 1.36 bits per heavy atom. The Morgan fingerprint density at radius 3 is 2.60 bits per heavy atom. The van der Waals surface area contributed by atoms with E-state index in [1.54, 1.807) is 13.0 Å². The third-order valence-corrected chi connectivity index (χ3v) is 3.56. The van der Waals surface area contributed by atoms with Crippen molar-refractivity contribution in [3.8, 4) is 0 Å². The molecule has 1 aromatic rings. The van der Waals surface area contributed by atoms with Crippen molar-refractivity contribution in [3.05, 3.63) is 33.9 Å². The number of ether oxygens (including phenoxy) is 1. The Bertz CT molecular complexity index is 631. The van der Waals surface area contributed by atoms with E-state index in [0.29, 0.717) is 24.7 Å². The second-order valence-corrected chi connectivity index (χ2v) is 6.26. The molecule has 0 heterocycles. The second kappa shape index (κ2) is 9.73. The number of nitro groups is 1. The van der Waals surface area contributed by atoms with Crippen molar-refractivity contribution in [1.82, 2.24) is 4.90 Å². The number of hydrogen-bond donors (Lipinski definition) is 1. The van der Waals surface area contributed by atoms with Crippen LogP contribution in [-0.4, -0.2) is 48.4 Å². The zero-order chi connectivity index (χ0) is 19.0. The van der Waals surface area contributed by atoms with Gasteiger partial charge < -0.3 is 10.1 Å². The molecule has 8 heteroatoms. The van der Waals surface area contributed by atoms with Gasteiger partial charge in [0, 0.05) is 25.2 Å². The Hall–Kier alpha value is -2.48. The van der Waals surface area contributed by atoms with E-state index < -0.39 is 4.92 Å². The normalized spacial score (nSPS) is 10.8. The molecule has 1 amide bonds. The maximum atomic E-state index is 12.3. The molecule has 1 rings (SSSR count). The average molecular weight is 351 g/mol. The molecule has 0 aromatic heterocycles. The van der Waals surface area contributed by atoms with Crippen molar-refractivity contribution in [2.24, 2.45) is 5.92 Å². The van der Waals surface area contributed by atoms with Crippen molar-refractivity contribution in [2.75, 3.05) is 32.1 Å². The van der Waals surface area contributed by atoms with E-state index in [4.69, 9.17) is 0 Å². The Kier molecular flexibility index (Phi) is 8.00. The lowest BCUT2D eigenvalue weighted by atomic mass is 10.1. The molecule has 0 bridgehead atoms. The van der Waals surface area contributed by atoms with Crippen LogP contribution in [0.25, 0.3) is 0 Å². The standard InChI is InChI=1S/C17H25N3O5/c1-12(2)10-19(8-7-17(22)25-4)11-16(21)18-15-9-14(20(23)24)6-5-13(15)3/h5-6,9,12H,7-8,10-11H2,1-4H3,(H,18,21). The molecular weight excluding hydrogens is 326 g/mol. The number of nitrogens with one attached hydrogen (secondary N) is 1. The van der Waals surface area contributed by atoms with Gasteiger partial charge in [-0.1, -0.05) is 19.9 Å². The minimum atomic E-state index is -0.503. The number of benzene rings is 1.